The number of ether oxygens (including phenoxy) is 1. The van der Waals surface area contributed by atoms with Crippen molar-refractivity contribution in [1.82, 2.24) is 0 Å². The maximum absolute atomic E-state index is 11.7. The number of aliphatic hydroxyl groups is 1. The molecule has 1 aromatic rings. The van der Waals surface area contributed by atoms with Gasteiger partial charge in [-0.15, -0.1) is 6.58 Å². The maximum Gasteiger partial charge on any atom is 0.311 e. The van der Waals surface area contributed by atoms with E-state index in [0.717, 1.165) is 5.56 Å². The third-order valence-corrected chi connectivity index (χ3v) is 3.15. The van der Waals surface area contributed by atoms with Crippen LogP contribution in [-0.2, 0) is 9.53 Å². The van der Waals surface area contributed by atoms with Gasteiger partial charge in [-0.1, -0.05) is 36.4 Å². The van der Waals surface area contributed by atoms with Crippen molar-refractivity contribution >= 4 is 5.97 Å². The summed E-state index contributed by atoms with van der Waals surface area (Å²) in [6, 6.07) is 9.44. The second kappa shape index (κ2) is 7.25. The molecular formula is C17H24O3. The summed E-state index contributed by atoms with van der Waals surface area (Å²) in [6.07, 6.45) is 1.64. The second-order valence-electron chi connectivity index (χ2n) is 5.93. The van der Waals surface area contributed by atoms with Crippen LogP contribution < -0.4 is 0 Å². The summed E-state index contributed by atoms with van der Waals surface area (Å²) in [5, 5.41) is 10.3. The SMILES string of the molecule is C=CC(CCOC(=O)C(C)(C)C)C(O)c1ccccc1. The molecule has 0 aliphatic rings. The number of hydrogen-bond acceptors (Lipinski definition) is 3. The van der Waals surface area contributed by atoms with Crippen molar-refractivity contribution in [2.75, 3.05) is 6.61 Å². The van der Waals surface area contributed by atoms with Gasteiger partial charge in [0.25, 0.3) is 0 Å². The van der Waals surface area contributed by atoms with E-state index in [4.69, 9.17) is 4.74 Å². The first-order chi connectivity index (χ1) is 9.36. The highest BCUT2D eigenvalue weighted by atomic mass is 16.5. The summed E-state index contributed by atoms with van der Waals surface area (Å²) in [6.45, 7) is 9.50. The normalized spacial score (nSPS) is 14.4. The van der Waals surface area contributed by atoms with E-state index in [2.05, 4.69) is 6.58 Å². The molecular weight excluding hydrogens is 252 g/mol. The zero-order valence-corrected chi connectivity index (χ0v) is 12.5. The van der Waals surface area contributed by atoms with Gasteiger partial charge in [-0.05, 0) is 32.8 Å². The molecule has 0 bridgehead atoms. The highest BCUT2D eigenvalue weighted by molar-refractivity contribution is 5.75. The summed E-state index contributed by atoms with van der Waals surface area (Å²) >= 11 is 0. The van der Waals surface area contributed by atoms with Crippen LogP contribution >= 0.6 is 0 Å². The summed E-state index contributed by atoms with van der Waals surface area (Å²) in [7, 11) is 0. The maximum atomic E-state index is 11.7. The summed E-state index contributed by atoms with van der Waals surface area (Å²) in [5.41, 5.74) is 0.349. The van der Waals surface area contributed by atoms with Gasteiger partial charge in [0.2, 0.25) is 0 Å². The van der Waals surface area contributed by atoms with E-state index >= 15 is 0 Å². The van der Waals surface area contributed by atoms with Crippen LogP contribution in [0, 0.1) is 11.3 Å². The van der Waals surface area contributed by atoms with Gasteiger partial charge in [-0.25, -0.2) is 0 Å². The van der Waals surface area contributed by atoms with Crippen molar-refractivity contribution in [1.29, 1.82) is 0 Å². The fraction of sp³-hybridized carbons (Fsp3) is 0.471. The molecule has 0 aliphatic carbocycles. The largest absolute Gasteiger partial charge is 0.465 e. The Morgan fingerprint density at radius 3 is 2.45 bits per heavy atom. The number of carbonyl (C=O) groups is 1. The minimum absolute atomic E-state index is 0.134. The van der Waals surface area contributed by atoms with Gasteiger partial charge in [0.1, 0.15) is 0 Å². The van der Waals surface area contributed by atoms with Crippen LogP contribution in [0.25, 0.3) is 0 Å². The number of carbonyl (C=O) groups excluding carboxylic acids is 1. The average molecular weight is 276 g/mol. The Kier molecular flexibility index (Phi) is 5.96. The standard InChI is InChI=1S/C17H24O3/c1-5-13(11-12-20-16(19)17(2,3)4)15(18)14-9-7-6-8-10-14/h5-10,13,15,18H,1,11-12H2,2-4H3. The first-order valence-corrected chi connectivity index (χ1v) is 6.89. The van der Waals surface area contributed by atoms with Crippen LogP contribution in [0.3, 0.4) is 0 Å². The minimum Gasteiger partial charge on any atom is -0.465 e. The molecule has 2 atom stereocenters. The predicted octanol–water partition coefficient (Wildman–Crippen LogP) is 3.50. The smallest absolute Gasteiger partial charge is 0.311 e. The molecule has 0 radical (unpaired) electrons. The Morgan fingerprint density at radius 1 is 1.35 bits per heavy atom. The van der Waals surface area contributed by atoms with Crippen LogP contribution in [-0.4, -0.2) is 17.7 Å². The molecule has 1 rings (SSSR count). The van der Waals surface area contributed by atoms with Gasteiger partial charge in [0.15, 0.2) is 0 Å². The molecule has 0 amide bonds. The minimum atomic E-state index is -0.623. The number of esters is 1. The Labute approximate surface area is 121 Å². The molecule has 0 saturated heterocycles. The van der Waals surface area contributed by atoms with Crippen molar-refractivity contribution in [3.63, 3.8) is 0 Å². The zero-order chi connectivity index (χ0) is 15.2. The van der Waals surface area contributed by atoms with Crippen molar-refractivity contribution < 1.29 is 14.6 Å². The Morgan fingerprint density at radius 2 is 1.95 bits per heavy atom. The van der Waals surface area contributed by atoms with E-state index in [1.807, 2.05) is 51.1 Å². The lowest BCUT2D eigenvalue weighted by Gasteiger charge is -2.21. The van der Waals surface area contributed by atoms with E-state index in [0.29, 0.717) is 6.42 Å². The molecule has 0 spiro atoms. The monoisotopic (exact) mass is 276 g/mol. The Balaban J connectivity index is 2.52. The van der Waals surface area contributed by atoms with Crippen LogP contribution in [0.1, 0.15) is 38.9 Å². The highest BCUT2D eigenvalue weighted by Gasteiger charge is 2.24. The quantitative estimate of drug-likeness (QED) is 0.639. The van der Waals surface area contributed by atoms with Crippen molar-refractivity contribution in [3.05, 3.63) is 48.6 Å². The molecule has 0 saturated carbocycles. The predicted molar refractivity (Wildman–Crippen MR) is 80.1 cm³/mol. The molecule has 0 heterocycles. The molecule has 2 unspecified atom stereocenters. The van der Waals surface area contributed by atoms with E-state index in [1.165, 1.54) is 0 Å². The van der Waals surface area contributed by atoms with Crippen LogP contribution in [0.5, 0.6) is 0 Å². The van der Waals surface area contributed by atoms with E-state index in [9.17, 15) is 9.90 Å². The van der Waals surface area contributed by atoms with Gasteiger partial charge in [-0.2, -0.15) is 0 Å². The zero-order valence-electron chi connectivity index (χ0n) is 12.5. The van der Waals surface area contributed by atoms with Crippen LogP contribution in [0.15, 0.2) is 43.0 Å². The van der Waals surface area contributed by atoms with E-state index in [1.54, 1.807) is 6.08 Å². The Hall–Kier alpha value is -1.61. The fourth-order valence-electron chi connectivity index (χ4n) is 1.81. The second-order valence-corrected chi connectivity index (χ2v) is 5.93. The van der Waals surface area contributed by atoms with Crippen molar-refractivity contribution in [3.8, 4) is 0 Å². The fourth-order valence-corrected chi connectivity index (χ4v) is 1.81. The number of aliphatic hydroxyl groups excluding tert-OH is 1. The van der Waals surface area contributed by atoms with E-state index < -0.39 is 11.5 Å². The third kappa shape index (κ3) is 4.82. The first kappa shape index (κ1) is 16.4. The lowest BCUT2D eigenvalue weighted by atomic mass is 9.93. The van der Waals surface area contributed by atoms with Crippen LogP contribution in [0.2, 0.25) is 0 Å². The summed E-state index contributed by atoms with van der Waals surface area (Å²) < 4.78 is 5.23. The molecule has 3 heteroatoms. The molecule has 1 aromatic carbocycles. The Bertz CT molecular complexity index is 431. The molecule has 3 nitrogen and oxygen atoms in total. The molecule has 1 N–H and O–H groups in total. The van der Waals surface area contributed by atoms with Gasteiger partial charge >= 0.3 is 5.97 Å². The van der Waals surface area contributed by atoms with Crippen molar-refractivity contribution in [2.45, 2.75) is 33.3 Å². The molecule has 20 heavy (non-hydrogen) atoms. The highest BCUT2D eigenvalue weighted by Crippen LogP contribution is 2.25. The van der Waals surface area contributed by atoms with Crippen molar-refractivity contribution in [2.24, 2.45) is 11.3 Å². The topological polar surface area (TPSA) is 46.5 Å². The number of rotatable bonds is 6. The van der Waals surface area contributed by atoms with E-state index in [-0.39, 0.29) is 18.5 Å². The number of benzene rings is 1. The van der Waals surface area contributed by atoms with Gasteiger partial charge in [0, 0.05) is 5.92 Å². The molecule has 0 aliphatic heterocycles. The molecule has 0 fully saturated rings. The third-order valence-electron chi connectivity index (χ3n) is 3.15. The molecule has 110 valence electrons. The van der Waals surface area contributed by atoms with Crippen LogP contribution in [0.4, 0.5) is 0 Å². The first-order valence-electron chi connectivity index (χ1n) is 6.89. The lowest BCUT2D eigenvalue weighted by molar-refractivity contribution is -0.153. The molecule has 0 aromatic heterocycles. The average Bonchev–Trinajstić information content (AvgIpc) is 2.42. The van der Waals surface area contributed by atoms with Gasteiger partial charge in [-0.3, -0.25) is 4.79 Å². The van der Waals surface area contributed by atoms with Gasteiger partial charge < -0.3 is 9.84 Å². The summed E-state index contributed by atoms with van der Waals surface area (Å²) in [4.78, 5) is 11.7. The number of hydrogen-bond donors (Lipinski definition) is 1. The van der Waals surface area contributed by atoms with Gasteiger partial charge in [0.05, 0.1) is 18.1 Å². The summed E-state index contributed by atoms with van der Waals surface area (Å²) in [5.74, 6) is -0.361. The lowest BCUT2D eigenvalue weighted by Crippen LogP contribution is -2.24.